The van der Waals surface area contributed by atoms with E-state index in [9.17, 15) is 8.42 Å². The molecule has 3 N–H and O–H groups in total. The van der Waals surface area contributed by atoms with Gasteiger partial charge in [0.05, 0.1) is 24.0 Å². The second-order valence-corrected chi connectivity index (χ2v) is 9.03. The van der Waals surface area contributed by atoms with Gasteiger partial charge in [-0.1, -0.05) is 6.42 Å². The molecule has 1 saturated heterocycles. The SMILES string of the molecule is CS(=O)(=O)C1CCCC(C(NN)C2CSCCO2)C1. The highest BCUT2D eigenvalue weighted by Gasteiger charge is 2.37. The Labute approximate surface area is 119 Å². The number of nitrogens with one attached hydrogen (secondary N) is 1. The molecule has 1 aliphatic carbocycles. The van der Waals surface area contributed by atoms with E-state index in [2.05, 4.69) is 5.43 Å². The first-order chi connectivity index (χ1) is 9.02. The van der Waals surface area contributed by atoms with Crippen molar-refractivity contribution < 1.29 is 13.2 Å². The molecule has 19 heavy (non-hydrogen) atoms. The van der Waals surface area contributed by atoms with Crippen molar-refractivity contribution in [3.63, 3.8) is 0 Å². The molecule has 2 aliphatic rings. The predicted molar refractivity (Wildman–Crippen MR) is 78.8 cm³/mol. The van der Waals surface area contributed by atoms with Crippen LogP contribution in [0.2, 0.25) is 0 Å². The summed E-state index contributed by atoms with van der Waals surface area (Å²) in [6.45, 7) is 0.760. The van der Waals surface area contributed by atoms with E-state index >= 15 is 0 Å². The number of hydrogen-bond acceptors (Lipinski definition) is 6. The molecule has 0 aromatic carbocycles. The average Bonchev–Trinajstić information content (AvgIpc) is 2.40. The zero-order valence-corrected chi connectivity index (χ0v) is 13.0. The number of hydrogen-bond donors (Lipinski definition) is 2. The molecule has 112 valence electrons. The third-order valence-electron chi connectivity index (χ3n) is 4.21. The molecule has 0 aromatic heterocycles. The highest BCUT2D eigenvalue weighted by molar-refractivity contribution is 7.99. The molecule has 2 fully saturated rings. The Morgan fingerprint density at radius 2 is 2.21 bits per heavy atom. The van der Waals surface area contributed by atoms with Gasteiger partial charge in [-0.3, -0.25) is 11.3 Å². The standard InChI is InChI=1S/C12H24N2O3S2/c1-19(15,16)10-4-2-3-9(7-10)12(14-13)11-8-18-6-5-17-11/h9-12,14H,2-8,13H2,1H3. The average molecular weight is 308 g/mol. The van der Waals surface area contributed by atoms with E-state index in [-0.39, 0.29) is 17.4 Å². The maximum absolute atomic E-state index is 11.7. The van der Waals surface area contributed by atoms with Gasteiger partial charge in [0.2, 0.25) is 0 Å². The van der Waals surface area contributed by atoms with Crippen LogP contribution in [-0.4, -0.2) is 50.2 Å². The van der Waals surface area contributed by atoms with Gasteiger partial charge < -0.3 is 4.74 Å². The zero-order valence-electron chi connectivity index (χ0n) is 11.4. The van der Waals surface area contributed by atoms with Gasteiger partial charge in [0.25, 0.3) is 0 Å². The largest absolute Gasteiger partial charge is 0.375 e. The summed E-state index contributed by atoms with van der Waals surface area (Å²) in [5.74, 6) is 7.97. The topological polar surface area (TPSA) is 81.4 Å². The fourth-order valence-corrected chi connectivity index (χ4v) is 5.26. The molecule has 0 aromatic rings. The van der Waals surface area contributed by atoms with Gasteiger partial charge in [-0.2, -0.15) is 11.8 Å². The maximum Gasteiger partial charge on any atom is 0.150 e. The Morgan fingerprint density at radius 1 is 1.42 bits per heavy atom. The van der Waals surface area contributed by atoms with Crippen LogP contribution in [0.15, 0.2) is 0 Å². The smallest absolute Gasteiger partial charge is 0.150 e. The molecule has 4 unspecified atom stereocenters. The first-order valence-corrected chi connectivity index (χ1v) is 9.97. The summed E-state index contributed by atoms with van der Waals surface area (Å²) >= 11 is 1.88. The monoisotopic (exact) mass is 308 g/mol. The Kier molecular flexibility index (Phi) is 5.54. The Hall–Kier alpha value is 0.180. The summed E-state index contributed by atoms with van der Waals surface area (Å²) in [4.78, 5) is 0. The van der Waals surface area contributed by atoms with Crippen LogP contribution >= 0.6 is 11.8 Å². The van der Waals surface area contributed by atoms with Crippen LogP contribution < -0.4 is 11.3 Å². The van der Waals surface area contributed by atoms with Crippen LogP contribution in [0.3, 0.4) is 0 Å². The van der Waals surface area contributed by atoms with Gasteiger partial charge >= 0.3 is 0 Å². The molecule has 1 heterocycles. The van der Waals surface area contributed by atoms with Crippen molar-refractivity contribution in [2.75, 3.05) is 24.4 Å². The third kappa shape index (κ3) is 4.07. The maximum atomic E-state index is 11.7. The van der Waals surface area contributed by atoms with Crippen LogP contribution in [0.4, 0.5) is 0 Å². The molecule has 1 aliphatic heterocycles. The minimum Gasteiger partial charge on any atom is -0.375 e. The Balaban J connectivity index is 2.01. The summed E-state index contributed by atoms with van der Waals surface area (Å²) in [7, 11) is -2.95. The number of ether oxygens (including phenoxy) is 1. The van der Waals surface area contributed by atoms with Crippen molar-refractivity contribution in [2.24, 2.45) is 11.8 Å². The lowest BCUT2D eigenvalue weighted by Gasteiger charge is -2.38. The summed E-state index contributed by atoms with van der Waals surface area (Å²) in [6.07, 6.45) is 4.93. The molecular weight excluding hydrogens is 284 g/mol. The predicted octanol–water partition coefficient (Wildman–Crippen LogP) is 0.554. The van der Waals surface area contributed by atoms with E-state index < -0.39 is 9.84 Å². The van der Waals surface area contributed by atoms with E-state index in [0.717, 1.165) is 37.4 Å². The van der Waals surface area contributed by atoms with E-state index in [1.54, 1.807) is 0 Å². The lowest BCUT2D eigenvalue weighted by atomic mass is 9.82. The number of hydrazine groups is 1. The molecule has 0 radical (unpaired) electrons. The molecule has 5 nitrogen and oxygen atoms in total. The van der Waals surface area contributed by atoms with Gasteiger partial charge in [0.1, 0.15) is 9.84 Å². The molecule has 0 amide bonds. The molecule has 2 rings (SSSR count). The molecule has 4 atom stereocenters. The van der Waals surface area contributed by atoms with Crippen molar-refractivity contribution in [2.45, 2.75) is 43.1 Å². The summed E-state index contributed by atoms with van der Waals surface area (Å²) in [6, 6.07) is 0.0670. The Bertz CT molecular complexity index is 382. The first kappa shape index (κ1) is 15.6. The molecule has 0 bridgehead atoms. The first-order valence-electron chi connectivity index (χ1n) is 6.86. The van der Waals surface area contributed by atoms with Crippen molar-refractivity contribution >= 4 is 21.6 Å². The quantitative estimate of drug-likeness (QED) is 0.583. The number of thioether (sulfide) groups is 1. The fourth-order valence-electron chi connectivity index (χ4n) is 3.16. The van der Waals surface area contributed by atoms with Crippen LogP contribution in [-0.2, 0) is 14.6 Å². The van der Waals surface area contributed by atoms with Crippen molar-refractivity contribution in [1.29, 1.82) is 0 Å². The van der Waals surface area contributed by atoms with Crippen LogP contribution in [0.25, 0.3) is 0 Å². The lowest BCUT2D eigenvalue weighted by molar-refractivity contribution is 0.0236. The van der Waals surface area contributed by atoms with Gasteiger partial charge in [-0.15, -0.1) is 0 Å². The van der Waals surface area contributed by atoms with Crippen molar-refractivity contribution in [1.82, 2.24) is 5.43 Å². The van der Waals surface area contributed by atoms with Crippen LogP contribution in [0.1, 0.15) is 25.7 Å². The third-order valence-corrected chi connectivity index (χ3v) is 6.87. The normalized spacial score (nSPS) is 34.9. The lowest BCUT2D eigenvalue weighted by Crippen LogP contribution is -2.53. The van der Waals surface area contributed by atoms with Gasteiger partial charge in [-0.25, -0.2) is 8.42 Å². The zero-order chi connectivity index (χ0) is 13.9. The van der Waals surface area contributed by atoms with E-state index in [1.165, 1.54) is 6.26 Å². The Morgan fingerprint density at radius 3 is 2.79 bits per heavy atom. The minimum atomic E-state index is -2.95. The highest BCUT2D eigenvalue weighted by Crippen LogP contribution is 2.33. The van der Waals surface area contributed by atoms with E-state index in [4.69, 9.17) is 10.6 Å². The van der Waals surface area contributed by atoms with Gasteiger partial charge in [0.15, 0.2) is 0 Å². The van der Waals surface area contributed by atoms with Crippen LogP contribution in [0.5, 0.6) is 0 Å². The van der Waals surface area contributed by atoms with E-state index in [1.807, 2.05) is 11.8 Å². The van der Waals surface area contributed by atoms with Crippen molar-refractivity contribution in [3.05, 3.63) is 0 Å². The summed E-state index contributed by atoms with van der Waals surface area (Å²) in [5.41, 5.74) is 2.88. The molecule has 1 saturated carbocycles. The highest BCUT2D eigenvalue weighted by atomic mass is 32.2. The number of sulfone groups is 1. The summed E-state index contributed by atoms with van der Waals surface area (Å²) in [5, 5.41) is -0.210. The minimum absolute atomic E-state index is 0.0670. The van der Waals surface area contributed by atoms with Gasteiger partial charge in [0, 0.05) is 17.8 Å². The van der Waals surface area contributed by atoms with Crippen molar-refractivity contribution in [3.8, 4) is 0 Å². The molecular formula is C12H24N2O3S2. The summed E-state index contributed by atoms with van der Waals surface area (Å²) < 4.78 is 29.3. The fraction of sp³-hybridized carbons (Fsp3) is 1.00. The van der Waals surface area contributed by atoms with Gasteiger partial charge in [-0.05, 0) is 25.2 Å². The van der Waals surface area contributed by atoms with Crippen LogP contribution in [0, 0.1) is 5.92 Å². The number of rotatable bonds is 4. The molecule has 7 heteroatoms. The van der Waals surface area contributed by atoms with E-state index in [0.29, 0.717) is 12.3 Å². The molecule has 0 spiro atoms. The number of nitrogens with two attached hydrogens (primary N) is 1. The second-order valence-electron chi connectivity index (χ2n) is 5.55. The second kappa shape index (κ2) is 6.76.